The quantitative estimate of drug-likeness (QED) is 0.418. The molecule has 4 nitrogen and oxygen atoms in total. The lowest BCUT2D eigenvalue weighted by molar-refractivity contribution is -0.118. The lowest BCUT2D eigenvalue weighted by atomic mass is 10.3. The van der Waals surface area contributed by atoms with Crippen molar-refractivity contribution in [2.45, 2.75) is 13.0 Å². The molecule has 0 bridgehead atoms. The number of amides is 1. The first-order valence-electron chi connectivity index (χ1n) is 8.19. The van der Waals surface area contributed by atoms with Gasteiger partial charge in [-0.05, 0) is 30.3 Å². The van der Waals surface area contributed by atoms with Crippen molar-refractivity contribution in [1.82, 2.24) is 9.97 Å². The van der Waals surface area contributed by atoms with Gasteiger partial charge in [0.2, 0.25) is 5.91 Å². The molecule has 142 valence electrons. The summed E-state index contributed by atoms with van der Waals surface area (Å²) in [5.74, 6) is -1.67. The standard InChI is InChI=1S/C19H12ClF2N3OS2/c20-16-5-4-13(27-16)9-17(26)25(10-12-3-1-2-6-23-12)19-24-18-14(22)7-11(21)8-15(18)28-19/h1-8H,9-10H2. The maximum Gasteiger partial charge on any atom is 0.234 e. The molecule has 0 saturated carbocycles. The molecule has 0 aliphatic heterocycles. The minimum Gasteiger partial charge on any atom is -0.282 e. The van der Waals surface area contributed by atoms with Crippen LogP contribution in [0.25, 0.3) is 10.2 Å². The Hall–Kier alpha value is -2.42. The Bertz CT molecular complexity index is 1150. The van der Waals surface area contributed by atoms with Crippen molar-refractivity contribution >= 4 is 55.5 Å². The van der Waals surface area contributed by atoms with Crippen LogP contribution in [0.3, 0.4) is 0 Å². The Kier molecular flexibility index (Phi) is 5.34. The summed E-state index contributed by atoms with van der Waals surface area (Å²) in [6.45, 7) is 0.169. The van der Waals surface area contributed by atoms with Crippen molar-refractivity contribution in [3.05, 3.63) is 75.2 Å². The molecule has 0 aliphatic rings. The first kappa shape index (κ1) is 18.9. The maximum absolute atomic E-state index is 14.1. The second-order valence-electron chi connectivity index (χ2n) is 5.91. The summed E-state index contributed by atoms with van der Waals surface area (Å²) in [6, 6.07) is 10.9. The summed E-state index contributed by atoms with van der Waals surface area (Å²) in [6.07, 6.45) is 1.75. The van der Waals surface area contributed by atoms with Gasteiger partial charge in [-0.2, -0.15) is 0 Å². The Morgan fingerprint density at radius 3 is 2.71 bits per heavy atom. The number of carbonyl (C=O) groups excluding carboxylic acids is 1. The molecule has 1 amide bonds. The summed E-state index contributed by atoms with van der Waals surface area (Å²) in [7, 11) is 0. The van der Waals surface area contributed by atoms with Gasteiger partial charge in [0.05, 0.1) is 27.7 Å². The van der Waals surface area contributed by atoms with Gasteiger partial charge in [0, 0.05) is 17.1 Å². The van der Waals surface area contributed by atoms with Crippen molar-refractivity contribution in [1.29, 1.82) is 0 Å². The first-order valence-corrected chi connectivity index (χ1v) is 10.2. The van der Waals surface area contributed by atoms with E-state index < -0.39 is 11.6 Å². The lowest BCUT2D eigenvalue weighted by Gasteiger charge is -2.19. The number of hydrogen-bond donors (Lipinski definition) is 0. The number of anilines is 1. The van der Waals surface area contributed by atoms with Gasteiger partial charge in [0.15, 0.2) is 10.9 Å². The van der Waals surface area contributed by atoms with Crippen molar-refractivity contribution in [3.63, 3.8) is 0 Å². The molecule has 28 heavy (non-hydrogen) atoms. The molecule has 3 aromatic heterocycles. The van der Waals surface area contributed by atoms with Gasteiger partial charge in [-0.15, -0.1) is 11.3 Å². The average molecular weight is 436 g/mol. The lowest BCUT2D eigenvalue weighted by Crippen LogP contribution is -2.31. The molecule has 0 spiro atoms. The highest BCUT2D eigenvalue weighted by atomic mass is 35.5. The minimum absolute atomic E-state index is 0.0411. The Balaban J connectivity index is 1.71. The van der Waals surface area contributed by atoms with E-state index >= 15 is 0 Å². The molecule has 0 saturated heterocycles. The van der Waals surface area contributed by atoms with Gasteiger partial charge >= 0.3 is 0 Å². The van der Waals surface area contributed by atoms with Gasteiger partial charge in [0.25, 0.3) is 0 Å². The van der Waals surface area contributed by atoms with Gasteiger partial charge in [-0.3, -0.25) is 14.7 Å². The molecule has 0 aliphatic carbocycles. The number of fused-ring (bicyclic) bond motifs is 1. The van der Waals surface area contributed by atoms with Gasteiger partial charge in [-0.1, -0.05) is 29.0 Å². The largest absolute Gasteiger partial charge is 0.282 e. The third-order valence-electron chi connectivity index (χ3n) is 3.93. The molecule has 0 atom stereocenters. The van der Waals surface area contributed by atoms with Crippen LogP contribution in [-0.2, 0) is 17.8 Å². The van der Waals surface area contributed by atoms with E-state index in [4.69, 9.17) is 11.6 Å². The molecule has 3 heterocycles. The molecular formula is C19H12ClF2N3OS2. The highest BCUT2D eigenvalue weighted by Crippen LogP contribution is 2.32. The number of nitrogens with zero attached hydrogens (tertiary/aromatic N) is 3. The fraction of sp³-hybridized carbons (Fsp3) is 0.105. The summed E-state index contributed by atoms with van der Waals surface area (Å²) in [5, 5.41) is 0.290. The highest BCUT2D eigenvalue weighted by molar-refractivity contribution is 7.22. The second kappa shape index (κ2) is 7.90. The van der Waals surface area contributed by atoms with Crippen LogP contribution in [0.1, 0.15) is 10.6 Å². The molecule has 0 radical (unpaired) electrons. The molecular weight excluding hydrogens is 424 g/mol. The number of thiophene rings is 1. The third kappa shape index (κ3) is 4.04. The number of carbonyl (C=O) groups is 1. The molecule has 0 fully saturated rings. The predicted molar refractivity (Wildman–Crippen MR) is 108 cm³/mol. The van der Waals surface area contributed by atoms with E-state index in [-0.39, 0.29) is 29.5 Å². The van der Waals surface area contributed by atoms with Crippen LogP contribution >= 0.6 is 34.3 Å². The van der Waals surface area contributed by atoms with Crippen molar-refractivity contribution < 1.29 is 13.6 Å². The van der Waals surface area contributed by atoms with Gasteiger partial charge in [0.1, 0.15) is 11.3 Å². The summed E-state index contributed by atoms with van der Waals surface area (Å²) < 4.78 is 28.5. The number of hydrogen-bond acceptors (Lipinski definition) is 5. The van der Waals surface area contributed by atoms with Gasteiger partial charge in [-0.25, -0.2) is 13.8 Å². The van der Waals surface area contributed by atoms with Crippen LogP contribution in [-0.4, -0.2) is 15.9 Å². The SMILES string of the molecule is O=C(Cc1ccc(Cl)s1)N(Cc1ccccn1)c1nc2c(F)cc(F)cc2s1. The molecule has 1 aromatic carbocycles. The highest BCUT2D eigenvalue weighted by Gasteiger charge is 2.23. The first-order chi connectivity index (χ1) is 13.5. The zero-order chi connectivity index (χ0) is 19.7. The number of rotatable bonds is 5. The van der Waals surface area contributed by atoms with Crippen LogP contribution in [0.4, 0.5) is 13.9 Å². The number of aromatic nitrogens is 2. The van der Waals surface area contributed by atoms with Crippen LogP contribution in [0, 0.1) is 11.6 Å². The Labute approximate surface area is 172 Å². The summed E-state index contributed by atoms with van der Waals surface area (Å²) >= 11 is 8.33. The number of benzene rings is 1. The maximum atomic E-state index is 14.1. The average Bonchev–Trinajstić information content (AvgIpc) is 3.26. The van der Waals surface area contributed by atoms with Crippen molar-refractivity contribution in [2.24, 2.45) is 0 Å². The Morgan fingerprint density at radius 2 is 2.00 bits per heavy atom. The van der Waals surface area contributed by atoms with E-state index in [0.717, 1.165) is 22.3 Å². The number of thiazole rings is 1. The zero-order valence-electron chi connectivity index (χ0n) is 14.2. The fourth-order valence-electron chi connectivity index (χ4n) is 2.67. The van der Waals surface area contributed by atoms with Crippen LogP contribution < -0.4 is 4.90 Å². The second-order valence-corrected chi connectivity index (χ2v) is 8.72. The van der Waals surface area contributed by atoms with Crippen LogP contribution in [0.5, 0.6) is 0 Å². The minimum atomic E-state index is -0.757. The van der Waals surface area contributed by atoms with E-state index in [1.165, 1.54) is 22.3 Å². The molecule has 0 unspecified atom stereocenters. The monoisotopic (exact) mass is 435 g/mol. The topological polar surface area (TPSA) is 46.1 Å². The van der Waals surface area contributed by atoms with Crippen LogP contribution in [0.15, 0.2) is 48.7 Å². The van der Waals surface area contributed by atoms with E-state index in [2.05, 4.69) is 9.97 Å². The van der Waals surface area contributed by atoms with E-state index in [1.54, 1.807) is 30.5 Å². The molecule has 0 N–H and O–H groups in total. The summed E-state index contributed by atoms with van der Waals surface area (Å²) in [4.78, 5) is 23.8. The van der Waals surface area contributed by atoms with E-state index in [0.29, 0.717) is 14.7 Å². The normalized spacial score (nSPS) is 11.1. The van der Waals surface area contributed by atoms with Crippen molar-refractivity contribution in [3.8, 4) is 0 Å². The smallest absolute Gasteiger partial charge is 0.234 e. The third-order valence-corrected chi connectivity index (χ3v) is 6.19. The Morgan fingerprint density at radius 1 is 1.14 bits per heavy atom. The van der Waals surface area contributed by atoms with E-state index in [1.807, 2.05) is 6.07 Å². The fourth-order valence-corrected chi connectivity index (χ4v) is 4.77. The number of halogens is 3. The zero-order valence-corrected chi connectivity index (χ0v) is 16.6. The summed E-state index contributed by atoms with van der Waals surface area (Å²) in [5.41, 5.74) is 0.699. The molecule has 4 rings (SSSR count). The molecule has 4 aromatic rings. The predicted octanol–water partition coefficient (Wildman–Crippen LogP) is 5.46. The number of pyridine rings is 1. The van der Waals surface area contributed by atoms with Crippen LogP contribution in [0.2, 0.25) is 4.34 Å². The van der Waals surface area contributed by atoms with Crippen molar-refractivity contribution in [2.75, 3.05) is 4.90 Å². The van der Waals surface area contributed by atoms with Gasteiger partial charge < -0.3 is 0 Å². The molecule has 9 heteroatoms. The van der Waals surface area contributed by atoms with E-state index in [9.17, 15) is 13.6 Å².